The summed E-state index contributed by atoms with van der Waals surface area (Å²) in [6, 6.07) is 6.30. The molecule has 1 fully saturated rings. The minimum atomic E-state index is -0.229. The quantitative estimate of drug-likeness (QED) is 0.814. The Hall–Kier alpha value is -1.42. The maximum atomic E-state index is 12.7. The summed E-state index contributed by atoms with van der Waals surface area (Å²) in [7, 11) is 0. The van der Waals surface area contributed by atoms with E-state index in [1.54, 1.807) is 12.1 Å². The summed E-state index contributed by atoms with van der Waals surface area (Å²) in [5.41, 5.74) is 1.03. The highest BCUT2D eigenvalue weighted by Crippen LogP contribution is 2.11. The molecule has 1 heterocycles. The van der Waals surface area contributed by atoms with Gasteiger partial charge in [-0.05, 0) is 24.6 Å². The first kappa shape index (κ1) is 11.1. The Morgan fingerprint density at radius 2 is 2.12 bits per heavy atom. The highest BCUT2D eigenvalue weighted by Gasteiger charge is 2.24. The van der Waals surface area contributed by atoms with Gasteiger partial charge in [-0.15, -0.1) is 0 Å². The molecule has 1 aliphatic rings. The zero-order valence-electron chi connectivity index (χ0n) is 9.24. The third-order valence-corrected chi connectivity index (χ3v) is 2.92. The second kappa shape index (κ2) is 4.61. The van der Waals surface area contributed by atoms with Crippen molar-refractivity contribution in [1.82, 2.24) is 10.2 Å². The number of rotatable bonds is 2. The van der Waals surface area contributed by atoms with Gasteiger partial charge in [-0.1, -0.05) is 12.1 Å². The molecule has 4 heteroatoms. The minimum Gasteiger partial charge on any atom is -0.353 e. The summed E-state index contributed by atoms with van der Waals surface area (Å²) in [5.74, 6) is -0.165. The van der Waals surface area contributed by atoms with Gasteiger partial charge < -0.3 is 5.32 Å². The van der Waals surface area contributed by atoms with E-state index in [0.717, 1.165) is 12.1 Å². The van der Waals surface area contributed by atoms with E-state index < -0.39 is 0 Å². The van der Waals surface area contributed by atoms with Crippen LogP contribution < -0.4 is 5.32 Å². The van der Waals surface area contributed by atoms with Crippen LogP contribution in [0.2, 0.25) is 0 Å². The van der Waals surface area contributed by atoms with Gasteiger partial charge >= 0.3 is 0 Å². The third-order valence-electron chi connectivity index (χ3n) is 2.92. The molecule has 86 valence electrons. The van der Waals surface area contributed by atoms with Gasteiger partial charge in [0.05, 0.1) is 6.04 Å². The largest absolute Gasteiger partial charge is 0.353 e. The van der Waals surface area contributed by atoms with Crippen LogP contribution in [0, 0.1) is 5.82 Å². The first-order valence-corrected chi connectivity index (χ1v) is 5.43. The van der Waals surface area contributed by atoms with E-state index in [1.165, 1.54) is 12.1 Å². The summed E-state index contributed by atoms with van der Waals surface area (Å²) in [6.07, 6.45) is 0. The lowest BCUT2D eigenvalue weighted by atomic mass is 10.1. The lowest BCUT2D eigenvalue weighted by Crippen LogP contribution is -2.53. The number of halogens is 1. The van der Waals surface area contributed by atoms with Crippen molar-refractivity contribution in [3.63, 3.8) is 0 Å². The van der Waals surface area contributed by atoms with Gasteiger partial charge in [0.25, 0.3) is 0 Å². The zero-order chi connectivity index (χ0) is 11.5. The molecule has 0 aliphatic carbocycles. The van der Waals surface area contributed by atoms with Crippen LogP contribution in [0.1, 0.15) is 12.5 Å². The normalized spacial score (nSPS) is 21.9. The third kappa shape index (κ3) is 2.39. The van der Waals surface area contributed by atoms with Crippen molar-refractivity contribution in [2.75, 3.05) is 13.1 Å². The molecule has 0 saturated carbocycles. The van der Waals surface area contributed by atoms with E-state index in [2.05, 4.69) is 10.2 Å². The van der Waals surface area contributed by atoms with Crippen molar-refractivity contribution in [1.29, 1.82) is 0 Å². The molecule has 1 unspecified atom stereocenters. The van der Waals surface area contributed by atoms with Gasteiger partial charge in [-0.2, -0.15) is 0 Å². The lowest BCUT2D eigenvalue weighted by molar-refractivity contribution is -0.128. The number of hydrogen-bond donors (Lipinski definition) is 1. The molecule has 1 N–H and O–H groups in total. The molecule has 0 aromatic heterocycles. The minimum absolute atomic E-state index is 0.0633. The number of hydrogen-bond acceptors (Lipinski definition) is 2. The molecule has 1 amide bonds. The van der Waals surface area contributed by atoms with E-state index in [1.807, 2.05) is 6.92 Å². The monoisotopic (exact) mass is 222 g/mol. The van der Waals surface area contributed by atoms with E-state index in [-0.39, 0.29) is 17.8 Å². The van der Waals surface area contributed by atoms with E-state index >= 15 is 0 Å². The predicted octanol–water partition coefficient (Wildman–Crippen LogP) is 1.15. The SMILES string of the molecule is CC1C(=O)NCCN1Cc1ccc(F)cc1. The van der Waals surface area contributed by atoms with Crippen LogP contribution in [-0.2, 0) is 11.3 Å². The van der Waals surface area contributed by atoms with Gasteiger partial charge in [-0.3, -0.25) is 9.69 Å². The summed E-state index contributed by atoms with van der Waals surface area (Å²) in [4.78, 5) is 13.5. The van der Waals surface area contributed by atoms with Gasteiger partial charge in [-0.25, -0.2) is 4.39 Å². The average molecular weight is 222 g/mol. The fourth-order valence-corrected chi connectivity index (χ4v) is 1.87. The van der Waals surface area contributed by atoms with Gasteiger partial charge in [0.1, 0.15) is 5.82 Å². The predicted molar refractivity (Wildman–Crippen MR) is 59.3 cm³/mol. The van der Waals surface area contributed by atoms with Gasteiger partial charge in [0.2, 0.25) is 5.91 Å². The maximum Gasteiger partial charge on any atom is 0.237 e. The molecule has 1 aliphatic heterocycles. The number of carbonyl (C=O) groups excluding carboxylic acids is 1. The Kier molecular flexibility index (Phi) is 3.19. The molecule has 16 heavy (non-hydrogen) atoms. The Balaban J connectivity index is 2.03. The standard InChI is InChI=1S/C12H15FN2O/c1-9-12(16)14-6-7-15(9)8-10-2-4-11(13)5-3-10/h2-5,9H,6-8H2,1H3,(H,14,16). The highest BCUT2D eigenvalue weighted by atomic mass is 19.1. The van der Waals surface area contributed by atoms with Crippen LogP contribution in [0.3, 0.4) is 0 Å². The van der Waals surface area contributed by atoms with Crippen LogP contribution in [0.4, 0.5) is 4.39 Å². The van der Waals surface area contributed by atoms with Crippen LogP contribution in [0.15, 0.2) is 24.3 Å². The Labute approximate surface area is 94.3 Å². The topological polar surface area (TPSA) is 32.3 Å². The zero-order valence-corrected chi connectivity index (χ0v) is 9.24. The van der Waals surface area contributed by atoms with Crippen LogP contribution in [0.25, 0.3) is 0 Å². The molecular weight excluding hydrogens is 207 g/mol. The van der Waals surface area contributed by atoms with Crippen LogP contribution >= 0.6 is 0 Å². The maximum absolute atomic E-state index is 12.7. The number of carbonyl (C=O) groups is 1. The van der Waals surface area contributed by atoms with Crippen molar-refractivity contribution in [2.45, 2.75) is 19.5 Å². The van der Waals surface area contributed by atoms with E-state index in [4.69, 9.17) is 0 Å². The number of piperazine rings is 1. The molecule has 0 bridgehead atoms. The molecule has 1 aromatic carbocycles. The number of amides is 1. The summed E-state index contributed by atoms with van der Waals surface area (Å²) in [5, 5.41) is 2.82. The van der Waals surface area contributed by atoms with Gasteiger partial charge in [0.15, 0.2) is 0 Å². The molecule has 2 rings (SSSR count). The number of nitrogens with one attached hydrogen (secondary N) is 1. The van der Waals surface area contributed by atoms with E-state index in [9.17, 15) is 9.18 Å². The van der Waals surface area contributed by atoms with E-state index in [0.29, 0.717) is 13.1 Å². The fraction of sp³-hybridized carbons (Fsp3) is 0.417. The molecule has 0 spiro atoms. The molecule has 1 saturated heterocycles. The van der Waals surface area contributed by atoms with Gasteiger partial charge in [0, 0.05) is 19.6 Å². The second-order valence-electron chi connectivity index (χ2n) is 4.06. The lowest BCUT2D eigenvalue weighted by Gasteiger charge is -2.32. The van der Waals surface area contributed by atoms with Crippen molar-refractivity contribution >= 4 is 5.91 Å². The Morgan fingerprint density at radius 3 is 2.81 bits per heavy atom. The number of nitrogens with zero attached hydrogens (tertiary/aromatic N) is 1. The first-order valence-electron chi connectivity index (χ1n) is 5.43. The summed E-state index contributed by atoms with van der Waals surface area (Å²) >= 11 is 0. The summed E-state index contributed by atoms with van der Waals surface area (Å²) < 4.78 is 12.7. The fourth-order valence-electron chi connectivity index (χ4n) is 1.87. The molecule has 3 nitrogen and oxygen atoms in total. The van der Waals surface area contributed by atoms with Crippen molar-refractivity contribution in [3.05, 3.63) is 35.6 Å². The highest BCUT2D eigenvalue weighted by molar-refractivity contribution is 5.81. The molecular formula is C12H15FN2O. The first-order chi connectivity index (χ1) is 7.66. The molecule has 0 radical (unpaired) electrons. The Morgan fingerprint density at radius 1 is 1.44 bits per heavy atom. The number of benzene rings is 1. The second-order valence-corrected chi connectivity index (χ2v) is 4.06. The van der Waals surface area contributed by atoms with Crippen LogP contribution in [0.5, 0.6) is 0 Å². The van der Waals surface area contributed by atoms with Crippen molar-refractivity contribution < 1.29 is 9.18 Å². The van der Waals surface area contributed by atoms with Crippen molar-refractivity contribution in [2.24, 2.45) is 0 Å². The smallest absolute Gasteiger partial charge is 0.237 e. The van der Waals surface area contributed by atoms with Crippen LogP contribution in [-0.4, -0.2) is 29.9 Å². The average Bonchev–Trinajstić information content (AvgIpc) is 2.28. The molecule has 1 aromatic rings. The molecule has 1 atom stereocenters. The summed E-state index contributed by atoms with van der Waals surface area (Å²) in [6.45, 7) is 4.10. The van der Waals surface area contributed by atoms with Crippen molar-refractivity contribution in [3.8, 4) is 0 Å². The Bertz CT molecular complexity index is 377.